The van der Waals surface area contributed by atoms with E-state index in [1.165, 1.54) is 24.1 Å². The van der Waals surface area contributed by atoms with Crippen LogP contribution in [0.15, 0.2) is 94.9 Å². The number of furan rings is 1. The van der Waals surface area contributed by atoms with Crippen LogP contribution >= 0.6 is 0 Å². The molecule has 0 radical (unpaired) electrons. The zero-order chi connectivity index (χ0) is 24.5. The molecule has 0 saturated carbocycles. The molecule has 1 aliphatic heterocycles. The number of esters is 1. The third kappa shape index (κ3) is 3.95. The molecule has 174 valence electrons. The first-order valence-electron chi connectivity index (χ1n) is 10.9. The van der Waals surface area contributed by atoms with Gasteiger partial charge in [-0.25, -0.2) is 9.78 Å². The number of carbonyl (C=O) groups excluding carboxylic acids is 3. The number of ketones is 1. The van der Waals surface area contributed by atoms with Crippen molar-refractivity contribution < 1.29 is 33.6 Å². The van der Waals surface area contributed by atoms with Gasteiger partial charge in [-0.1, -0.05) is 30.3 Å². The number of rotatable bonds is 6. The van der Waals surface area contributed by atoms with Crippen LogP contribution in [0.4, 0.5) is 0 Å². The van der Waals surface area contributed by atoms with Gasteiger partial charge in [-0.05, 0) is 41.7 Å². The number of H-pyrrole nitrogens is 1. The molecule has 35 heavy (non-hydrogen) atoms. The van der Waals surface area contributed by atoms with Crippen molar-refractivity contribution in [3.05, 3.63) is 113 Å². The van der Waals surface area contributed by atoms with Crippen molar-refractivity contribution in [1.29, 1.82) is 0 Å². The van der Waals surface area contributed by atoms with Crippen molar-refractivity contribution in [2.24, 2.45) is 0 Å². The highest BCUT2D eigenvalue weighted by molar-refractivity contribution is 6.15. The SMILES string of the molecule is COC(=O)c1ccc(C2C(C(=O)c3cc4ccccc4o3)=C([O-])C(=O)N2Cc2ccc[nH+]c2)cc1. The van der Waals surface area contributed by atoms with E-state index in [9.17, 15) is 19.5 Å². The third-order valence-corrected chi connectivity index (χ3v) is 5.95. The fourth-order valence-electron chi connectivity index (χ4n) is 4.25. The Balaban J connectivity index is 1.59. The molecule has 2 aromatic carbocycles. The number of Topliss-reactive ketones (excluding diaryl/α,β-unsaturated/α-hetero) is 1. The number of amides is 1. The summed E-state index contributed by atoms with van der Waals surface area (Å²) in [6, 6.07) is 17.6. The monoisotopic (exact) mass is 468 g/mol. The summed E-state index contributed by atoms with van der Waals surface area (Å²) < 4.78 is 10.5. The maximum Gasteiger partial charge on any atom is 0.337 e. The Labute approximate surface area is 200 Å². The van der Waals surface area contributed by atoms with E-state index in [0.29, 0.717) is 22.1 Å². The first-order valence-corrected chi connectivity index (χ1v) is 10.9. The second-order valence-corrected chi connectivity index (χ2v) is 8.08. The highest BCUT2D eigenvalue weighted by atomic mass is 16.5. The Morgan fingerprint density at radius 3 is 2.54 bits per heavy atom. The van der Waals surface area contributed by atoms with Gasteiger partial charge in [0.05, 0.1) is 25.3 Å². The van der Waals surface area contributed by atoms with E-state index in [1.807, 2.05) is 12.1 Å². The van der Waals surface area contributed by atoms with Gasteiger partial charge in [-0.15, -0.1) is 0 Å². The minimum atomic E-state index is -0.956. The molecule has 0 bridgehead atoms. The molecule has 3 heterocycles. The summed E-state index contributed by atoms with van der Waals surface area (Å²) in [6.45, 7) is 0.0994. The first-order chi connectivity index (χ1) is 17.0. The van der Waals surface area contributed by atoms with Crippen molar-refractivity contribution >= 4 is 28.6 Å². The van der Waals surface area contributed by atoms with E-state index in [0.717, 1.165) is 5.56 Å². The highest BCUT2D eigenvalue weighted by Gasteiger charge is 2.40. The number of aromatic nitrogens is 1. The van der Waals surface area contributed by atoms with Gasteiger partial charge in [0.1, 0.15) is 5.58 Å². The van der Waals surface area contributed by atoms with Gasteiger partial charge in [0.25, 0.3) is 0 Å². The third-order valence-electron chi connectivity index (χ3n) is 5.95. The molecule has 4 aromatic rings. The Bertz CT molecular complexity index is 1440. The van der Waals surface area contributed by atoms with Crippen LogP contribution in [0.2, 0.25) is 0 Å². The van der Waals surface area contributed by atoms with Gasteiger partial charge in [0, 0.05) is 22.6 Å². The fraction of sp³-hybridized carbons (Fsp3) is 0.111. The summed E-state index contributed by atoms with van der Waals surface area (Å²) in [4.78, 5) is 42.9. The number of aromatic amines is 1. The lowest BCUT2D eigenvalue weighted by atomic mass is 9.94. The van der Waals surface area contributed by atoms with Crippen LogP contribution in [0.5, 0.6) is 0 Å². The van der Waals surface area contributed by atoms with Crippen LogP contribution in [0.3, 0.4) is 0 Å². The molecule has 0 spiro atoms. The number of hydrogen-bond acceptors (Lipinski definition) is 6. The van der Waals surface area contributed by atoms with Crippen molar-refractivity contribution in [1.82, 2.24) is 4.90 Å². The number of ether oxygens (including phenoxy) is 1. The average Bonchev–Trinajstić information content (AvgIpc) is 3.43. The van der Waals surface area contributed by atoms with Crippen LogP contribution in [-0.4, -0.2) is 29.7 Å². The minimum Gasteiger partial charge on any atom is -0.868 e. The second kappa shape index (κ2) is 8.90. The number of pyridine rings is 1. The second-order valence-electron chi connectivity index (χ2n) is 8.08. The largest absolute Gasteiger partial charge is 0.868 e. The number of methoxy groups -OCH3 is 1. The van der Waals surface area contributed by atoms with Crippen LogP contribution in [0, 0.1) is 0 Å². The number of nitrogens with one attached hydrogen (secondary N) is 1. The molecular formula is C27H20N2O6. The number of hydrogen-bond donors (Lipinski definition) is 0. The number of benzene rings is 2. The van der Waals surface area contributed by atoms with Crippen molar-refractivity contribution in [2.75, 3.05) is 7.11 Å². The zero-order valence-electron chi connectivity index (χ0n) is 18.7. The molecular weight excluding hydrogens is 448 g/mol. The maximum absolute atomic E-state index is 13.6. The summed E-state index contributed by atoms with van der Waals surface area (Å²) in [6.07, 6.45) is 3.44. The number of fused-ring (bicyclic) bond motifs is 1. The highest BCUT2D eigenvalue weighted by Crippen LogP contribution is 2.39. The number of para-hydroxylation sites is 1. The van der Waals surface area contributed by atoms with Crippen LogP contribution < -0.4 is 10.1 Å². The predicted octanol–water partition coefficient (Wildman–Crippen LogP) is 2.61. The van der Waals surface area contributed by atoms with Crippen LogP contribution in [0.1, 0.15) is 38.1 Å². The number of nitrogens with zero attached hydrogens (tertiary/aromatic N) is 1. The standard InChI is InChI=1S/C27H20N2O6/c1-34-27(33)18-10-8-17(9-11-18)23-22(24(30)21-13-19-6-2-3-7-20(19)35-21)25(31)26(32)29(23)15-16-5-4-12-28-14-16/h2-14,23,31H,15H2,1H3. The lowest BCUT2D eigenvalue weighted by molar-refractivity contribution is -0.378. The Morgan fingerprint density at radius 2 is 1.86 bits per heavy atom. The molecule has 1 N–H and O–H groups in total. The van der Waals surface area contributed by atoms with E-state index >= 15 is 0 Å². The van der Waals surface area contributed by atoms with E-state index in [4.69, 9.17) is 9.15 Å². The predicted molar refractivity (Wildman–Crippen MR) is 122 cm³/mol. The number of carbonyl (C=O) groups is 3. The van der Waals surface area contributed by atoms with Crippen molar-refractivity contribution in [2.45, 2.75) is 12.6 Å². The van der Waals surface area contributed by atoms with Crippen molar-refractivity contribution in [3.8, 4) is 0 Å². The topological polar surface area (TPSA) is 114 Å². The molecule has 8 nitrogen and oxygen atoms in total. The molecule has 0 saturated heterocycles. The van der Waals surface area contributed by atoms with Gasteiger partial charge in [0.2, 0.25) is 11.7 Å². The molecule has 1 aliphatic rings. The molecule has 8 heteroatoms. The van der Waals surface area contributed by atoms with Crippen molar-refractivity contribution in [3.63, 3.8) is 0 Å². The summed E-state index contributed by atoms with van der Waals surface area (Å²) in [5.74, 6) is -2.85. The molecule has 1 amide bonds. The van der Waals surface area contributed by atoms with Gasteiger partial charge < -0.3 is 19.2 Å². The molecule has 2 aromatic heterocycles. The normalized spacial score (nSPS) is 15.6. The average molecular weight is 468 g/mol. The molecule has 0 fully saturated rings. The maximum atomic E-state index is 13.6. The minimum absolute atomic E-state index is 0.0200. The van der Waals surface area contributed by atoms with Gasteiger partial charge in [0.15, 0.2) is 18.2 Å². The van der Waals surface area contributed by atoms with Gasteiger partial charge in [-0.3, -0.25) is 9.59 Å². The molecule has 5 rings (SSSR count). The zero-order valence-corrected chi connectivity index (χ0v) is 18.7. The van der Waals surface area contributed by atoms with E-state index in [-0.39, 0.29) is 17.9 Å². The summed E-state index contributed by atoms with van der Waals surface area (Å²) in [5, 5.41) is 13.9. The van der Waals surface area contributed by atoms with Crippen LogP contribution in [0.25, 0.3) is 11.0 Å². The van der Waals surface area contributed by atoms with Gasteiger partial charge in [-0.2, -0.15) is 0 Å². The van der Waals surface area contributed by atoms with E-state index in [1.54, 1.807) is 54.9 Å². The molecule has 0 aliphatic carbocycles. The van der Waals surface area contributed by atoms with E-state index in [2.05, 4.69) is 4.98 Å². The van der Waals surface area contributed by atoms with Gasteiger partial charge >= 0.3 is 5.97 Å². The van der Waals surface area contributed by atoms with E-state index < -0.39 is 29.5 Å². The first kappa shape index (κ1) is 22.1. The smallest absolute Gasteiger partial charge is 0.337 e. The fourth-order valence-corrected chi connectivity index (χ4v) is 4.25. The molecule has 1 atom stereocenters. The molecule has 1 unspecified atom stereocenters. The summed E-state index contributed by atoms with van der Waals surface area (Å²) >= 11 is 0. The summed E-state index contributed by atoms with van der Waals surface area (Å²) in [7, 11) is 1.28. The Kier molecular flexibility index (Phi) is 5.62. The van der Waals surface area contributed by atoms with Crippen LogP contribution in [-0.2, 0) is 16.1 Å². The lowest BCUT2D eigenvalue weighted by Crippen LogP contribution is -2.32. The quantitative estimate of drug-likeness (QED) is 0.317. The summed E-state index contributed by atoms with van der Waals surface area (Å²) in [5.41, 5.74) is 1.88. The Hall–Kier alpha value is -4.72. The lowest BCUT2D eigenvalue weighted by Gasteiger charge is -2.27. The Morgan fingerprint density at radius 1 is 1.09 bits per heavy atom.